The van der Waals surface area contributed by atoms with Gasteiger partial charge in [-0.1, -0.05) is 0 Å². The molecule has 0 amide bonds. The third-order valence-electron chi connectivity index (χ3n) is 2.59. The maximum Gasteiger partial charge on any atom is 0.191 e. The van der Waals surface area contributed by atoms with Gasteiger partial charge >= 0.3 is 0 Å². The van der Waals surface area contributed by atoms with Crippen LogP contribution in [-0.4, -0.2) is 32.1 Å². The Kier molecular flexibility index (Phi) is 5.00. The highest BCUT2D eigenvalue weighted by atomic mass is 32.1. The Morgan fingerprint density at radius 1 is 1.40 bits per heavy atom. The maximum atomic E-state index is 5.26. The molecule has 0 atom stereocenters. The molecular weight excluding hydrogens is 274 g/mol. The van der Waals surface area contributed by atoms with Crippen molar-refractivity contribution in [2.24, 2.45) is 4.99 Å². The molecule has 2 heterocycles. The first-order chi connectivity index (χ1) is 9.69. The minimum Gasteiger partial charge on any atom is -0.467 e. The lowest BCUT2D eigenvalue weighted by molar-refractivity contribution is 0.501. The van der Waals surface area contributed by atoms with E-state index in [4.69, 9.17) is 4.42 Å². The number of nitrogens with zero attached hydrogens (tertiary/aromatic N) is 3. The van der Waals surface area contributed by atoms with E-state index in [9.17, 15) is 0 Å². The van der Waals surface area contributed by atoms with Crippen LogP contribution in [0.1, 0.15) is 11.5 Å². The number of furan rings is 1. The summed E-state index contributed by atoms with van der Waals surface area (Å²) in [6, 6.07) is 3.79. The van der Waals surface area contributed by atoms with Gasteiger partial charge in [0.2, 0.25) is 0 Å². The van der Waals surface area contributed by atoms with Gasteiger partial charge in [-0.25, -0.2) is 4.98 Å². The van der Waals surface area contributed by atoms with E-state index in [1.165, 1.54) is 0 Å². The van der Waals surface area contributed by atoms with Gasteiger partial charge in [0, 0.05) is 26.5 Å². The molecule has 0 radical (unpaired) electrons. The van der Waals surface area contributed by atoms with Crippen LogP contribution < -0.4 is 15.5 Å². The van der Waals surface area contributed by atoms with Crippen LogP contribution in [-0.2, 0) is 13.1 Å². The molecule has 0 unspecified atom stereocenters. The van der Waals surface area contributed by atoms with Crippen molar-refractivity contribution >= 4 is 22.4 Å². The summed E-state index contributed by atoms with van der Waals surface area (Å²) < 4.78 is 5.26. The number of aliphatic imine (C=N–C) groups is 1. The van der Waals surface area contributed by atoms with Gasteiger partial charge in [-0.15, -0.1) is 11.3 Å². The molecule has 20 heavy (non-hydrogen) atoms. The number of nitrogens with one attached hydrogen (secondary N) is 2. The van der Waals surface area contributed by atoms with Gasteiger partial charge in [0.15, 0.2) is 11.1 Å². The predicted molar refractivity (Wildman–Crippen MR) is 82.2 cm³/mol. The molecule has 2 aromatic heterocycles. The Labute approximate surface area is 122 Å². The molecule has 0 bridgehead atoms. The molecule has 0 aromatic carbocycles. The summed E-state index contributed by atoms with van der Waals surface area (Å²) in [6.07, 6.45) is 1.66. The van der Waals surface area contributed by atoms with E-state index in [1.54, 1.807) is 24.6 Å². The van der Waals surface area contributed by atoms with Crippen LogP contribution in [0.5, 0.6) is 0 Å². The van der Waals surface area contributed by atoms with Crippen LogP contribution in [0.15, 0.2) is 33.2 Å². The van der Waals surface area contributed by atoms with Crippen LogP contribution in [0.3, 0.4) is 0 Å². The average Bonchev–Trinajstić information content (AvgIpc) is 3.10. The van der Waals surface area contributed by atoms with Crippen molar-refractivity contribution in [3.8, 4) is 0 Å². The first-order valence-electron chi connectivity index (χ1n) is 6.27. The fourth-order valence-electron chi connectivity index (χ4n) is 1.56. The third-order valence-corrected chi connectivity index (χ3v) is 3.65. The second kappa shape index (κ2) is 6.95. The maximum absolute atomic E-state index is 5.26. The minimum absolute atomic E-state index is 0.604. The number of rotatable bonds is 5. The van der Waals surface area contributed by atoms with E-state index in [1.807, 2.05) is 36.5 Å². The normalized spacial score (nSPS) is 11.4. The van der Waals surface area contributed by atoms with Gasteiger partial charge in [0.25, 0.3) is 0 Å². The summed E-state index contributed by atoms with van der Waals surface area (Å²) in [5.41, 5.74) is 1.000. The molecule has 0 aliphatic carbocycles. The van der Waals surface area contributed by atoms with Crippen molar-refractivity contribution in [1.29, 1.82) is 0 Å². The van der Waals surface area contributed by atoms with Crippen LogP contribution in [0.2, 0.25) is 0 Å². The number of anilines is 1. The smallest absolute Gasteiger partial charge is 0.191 e. The van der Waals surface area contributed by atoms with E-state index < -0.39 is 0 Å². The molecule has 0 fully saturated rings. The van der Waals surface area contributed by atoms with Crippen molar-refractivity contribution in [3.05, 3.63) is 35.2 Å². The topological polar surface area (TPSA) is 65.7 Å². The first kappa shape index (κ1) is 14.4. The molecule has 0 aliphatic heterocycles. The molecular formula is C13H19N5OS. The summed E-state index contributed by atoms with van der Waals surface area (Å²) >= 11 is 1.63. The van der Waals surface area contributed by atoms with Crippen LogP contribution in [0.25, 0.3) is 0 Å². The van der Waals surface area contributed by atoms with E-state index in [0.717, 1.165) is 22.5 Å². The van der Waals surface area contributed by atoms with Crippen molar-refractivity contribution < 1.29 is 4.42 Å². The lowest BCUT2D eigenvalue weighted by atomic mass is 10.4. The van der Waals surface area contributed by atoms with Gasteiger partial charge in [0.05, 0.1) is 25.0 Å². The number of hydrogen-bond acceptors (Lipinski definition) is 5. The highest BCUT2D eigenvalue weighted by molar-refractivity contribution is 7.13. The fourth-order valence-corrected chi connectivity index (χ4v) is 2.32. The summed E-state index contributed by atoms with van der Waals surface area (Å²) in [6.45, 7) is 1.24. The molecule has 2 rings (SSSR count). The standard InChI is InChI=1S/C13H19N5OS/c1-14-12(16-8-11-5-4-6-19-11)15-7-10-9-20-13(17-10)18(2)3/h4-6,9H,7-8H2,1-3H3,(H2,14,15,16). The van der Waals surface area contributed by atoms with E-state index >= 15 is 0 Å². The molecule has 0 spiro atoms. The van der Waals surface area contributed by atoms with E-state index in [0.29, 0.717) is 13.1 Å². The molecule has 6 nitrogen and oxygen atoms in total. The highest BCUT2D eigenvalue weighted by Crippen LogP contribution is 2.17. The van der Waals surface area contributed by atoms with Gasteiger partial charge in [0.1, 0.15) is 5.76 Å². The van der Waals surface area contributed by atoms with E-state index in [-0.39, 0.29) is 0 Å². The largest absolute Gasteiger partial charge is 0.467 e. The van der Waals surface area contributed by atoms with Crippen LogP contribution in [0, 0.1) is 0 Å². The van der Waals surface area contributed by atoms with Gasteiger partial charge < -0.3 is 20.0 Å². The summed E-state index contributed by atoms with van der Waals surface area (Å²) in [5.74, 6) is 1.59. The lowest BCUT2D eigenvalue weighted by Gasteiger charge is -2.10. The molecule has 0 saturated heterocycles. The zero-order valence-corrected chi connectivity index (χ0v) is 12.7. The van der Waals surface area contributed by atoms with Crippen LogP contribution >= 0.6 is 11.3 Å². The Balaban J connectivity index is 1.81. The summed E-state index contributed by atoms with van der Waals surface area (Å²) in [4.78, 5) is 10.7. The number of thiazole rings is 1. The first-order valence-corrected chi connectivity index (χ1v) is 7.15. The van der Waals surface area contributed by atoms with Gasteiger partial charge in [-0.05, 0) is 12.1 Å². The Morgan fingerprint density at radius 3 is 2.80 bits per heavy atom. The Hall–Kier alpha value is -2.02. The monoisotopic (exact) mass is 293 g/mol. The quantitative estimate of drug-likeness (QED) is 0.648. The molecule has 0 aliphatic rings. The van der Waals surface area contributed by atoms with Gasteiger partial charge in [-0.2, -0.15) is 0 Å². The van der Waals surface area contributed by atoms with Crippen molar-refractivity contribution in [3.63, 3.8) is 0 Å². The number of guanidine groups is 1. The Morgan fingerprint density at radius 2 is 2.20 bits per heavy atom. The zero-order valence-electron chi connectivity index (χ0n) is 11.9. The molecule has 0 saturated carbocycles. The Bertz CT molecular complexity index is 547. The van der Waals surface area contributed by atoms with Crippen molar-refractivity contribution in [1.82, 2.24) is 15.6 Å². The fraction of sp³-hybridized carbons (Fsp3) is 0.385. The molecule has 2 aromatic rings. The van der Waals surface area contributed by atoms with Gasteiger partial charge in [-0.3, -0.25) is 4.99 Å². The van der Waals surface area contributed by atoms with E-state index in [2.05, 4.69) is 20.6 Å². The minimum atomic E-state index is 0.604. The summed E-state index contributed by atoms with van der Waals surface area (Å²) in [7, 11) is 5.71. The molecule has 2 N–H and O–H groups in total. The molecule has 108 valence electrons. The average molecular weight is 293 g/mol. The van der Waals surface area contributed by atoms with Crippen molar-refractivity contribution in [2.75, 3.05) is 26.0 Å². The highest BCUT2D eigenvalue weighted by Gasteiger charge is 2.05. The predicted octanol–water partition coefficient (Wildman–Crippen LogP) is 1.67. The number of hydrogen-bond donors (Lipinski definition) is 2. The third kappa shape index (κ3) is 3.99. The number of aromatic nitrogens is 1. The SMILES string of the molecule is CN=C(NCc1csc(N(C)C)n1)NCc1ccco1. The summed E-state index contributed by atoms with van der Waals surface area (Å²) in [5, 5.41) is 9.45. The second-order valence-electron chi connectivity index (χ2n) is 4.37. The van der Waals surface area contributed by atoms with Crippen molar-refractivity contribution in [2.45, 2.75) is 13.1 Å². The lowest BCUT2D eigenvalue weighted by Crippen LogP contribution is -2.36. The second-order valence-corrected chi connectivity index (χ2v) is 5.21. The van der Waals surface area contributed by atoms with Crippen LogP contribution in [0.4, 0.5) is 5.13 Å². The zero-order chi connectivity index (χ0) is 14.4. The molecule has 7 heteroatoms.